The first-order chi connectivity index (χ1) is 12.7. The number of carbonyl (C=O) groups is 1. The second kappa shape index (κ2) is 7.83. The first-order valence-corrected chi connectivity index (χ1v) is 11.1. The lowest BCUT2D eigenvalue weighted by Gasteiger charge is -2.32. The number of nitrogens with one attached hydrogen (secondary N) is 1. The molecular weight excluding hydrogens is 408 g/mol. The number of thiophene rings is 1. The highest BCUT2D eigenvalue weighted by atomic mass is 79.9. The monoisotopic (exact) mass is 432 g/mol. The third-order valence-corrected chi connectivity index (χ3v) is 7.13. The topological polar surface area (TPSA) is 32.3 Å². The molecule has 26 heavy (non-hydrogen) atoms. The van der Waals surface area contributed by atoms with E-state index in [1.54, 1.807) is 0 Å². The van der Waals surface area contributed by atoms with E-state index in [9.17, 15) is 4.79 Å². The SMILES string of the molecule is O=C(NCC1CCN(Cc2cccs2)CC1)C1(c2cccc(Br)c2)CC1. The van der Waals surface area contributed by atoms with Crippen molar-refractivity contribution in [2.24, 2.45) is 5.92 Å². The van der Waals surface area contributed by atoms with Gasteiger partial charge in [0.2, 0.25) is 5.91 Å². The summed E-state index contributed by atoms with van der Waals surface area (Å²) in [6.07, 6.45) is 4.29. The molecule has 0 unspecified atom stereocenters. The third kappa shape index (κ3) is 4.05. The molecule has 0 atom stereocenters. The lowest BCUT2D eigenvalue weighted by Crippen LogP contribution is -2.41. The second-order valence-corrected chi connectivity index (χ2v) is 9.55. The van der Waals surface area contributed by atoms with Gasteiger partial charge in [-0.1, -0.05) is 34.1 Å². The molecule has 0 bridgehead atoms. The van der Waals surface area contributed by atoms with E-state index in [1.165, 1.54) is 17.7 Å². The van der Waals surface area contributed by atoms with Crippen LogP contribution in [0.4, 0.5) is 0 Å². The molecule has 2 aliphatic rings. The Labute approximate surface area is 167 Å². The van der Waals surface area contributed by atoms with Crippen LogP contribution in [0.3, 0.4) is 0 Å². The van der Waals surface area contributed by atoms with Gasteiger partial charge in [-0.15, -0.1) is 11.3 Å². The van der Waals surface area contributed by atoms with Gasteiger partial charge in [0.05, 0.1) is 5.41 Å². The molecular formula is C21H25BrN2OS. The molecule has 1 aliphatic carbocycles. The summed E-state index contributed by atoms with van der Waals surface area (Å²) in [5, 5.41) is 5.41. The Balaban J connectivity index is 1.25. The molecule has 0 spiro atoms. The Bertz CT molecular complexity index is 749. The van der Waals surface area contributed by atoms with E-state index in [-0.39, 0.29) is 11.3 Å². The Morgan fingerprint density at radius 1 is 1.23 bits per heavy atom. The van der Waals surface area contributed by atoms with Crippen LogP contribution in [0.15, 0.2) is 46.3 Å². The fourth-order valence-electron chi connectivity index (χ4n) is 3.94. The maximum atomic E-state index is 12.8. The molecule has 1 aliphatic heterocycles. The van der Waals surface area contributed by atoms with Crippen molar-refractivity contribution in [1.82, 2.24) is 10.2 Å². The standard InChI is InChI=1S/C21H25BrN2OS/c22-18-4-1-3-17(13-18)21(8-9-21)20(25)23-14-16-6-10-24(11-7-16)15-19-5-2-12-26-19/h1-5,12-13,16H,6-11,14-15H2,(H,23,25). The summed E-state index contributed by atoms with van der Waals surface area (Å²) >= 11 is 5.36. The van der Waals surface area contributed by atoms with Gasteiger partial charge in [0.15, 0.2) is 0 Å². The van der Waals surface area contributed by atoms with Crippen molar-refractivity contribution in [3.05, 3.63) is 56.7 Å². The van der Waals surface area contributed by atoms with E-state index in [2.05, 4.69) is 55.8 Å². The highest BCUT2D eigenvalue weighted by molar-refractivity contribution is 9.10. The number of nitrogens with zero attached hydrogens (tertiary/aromatic N) is 1. The van der Waals surface area contributed by atoms with Gasteiger partial charge >= 0.3 is 0 Å². The van der Waals surface area contributed by atoms with Gasteiger partial charge in [-0.3, -0.25) is 9.69 Å². The van der Waals surface area contributed by atoms with Crippen molar-refractivity contribution < 1.29 is 4.79 Å². The van der Waals surface area contributed by atoms with Crippen LogP contribution in [0, 0.1) is 5.92 Å². The van der Waals surface area contributed by atoms with E-state index < -0.39 is 0 Å². The van der Waals surface area contributed by atoms with Crippen LogP contribution in [0.2, 0.25) is 0 Å². The Morgan fingerprint density at radius 2 is 2.04 bits per heavy atom. The highest BCUT2D eigenvalue weighted by Gasteiger charge is 2.51. The van der Waals surface area contributed by atoms with Gasteiger partial charge < -0.3 is 5.32 Å². The van der Waals surface area contributed by atoms with Crippen LogP contribution < -0.4 is 5.32 Å². The average molecular weight is 433 g/mol. The lowest BCUT2D eigenvalue weighted by atomic mass is 9.93. The lowest BCUT2D eigenvalue weighted by molar-refractivity contribution is -0.123. The number of likely N-dealkylation sites (tertiary alicyclic amines) is 1. The summed E-state index contributed by atoms with van der Waals surface area (Å²) in [5.74, 6) is 0.827. The number of hydrogen-bond donors (Lipinski definition) is 1. The average Bonchev–Trinajstić information content (AvgIpc) is 3.32. The molecule has 1 aromatic heterocycles. The zero-order valence-electron chi connectivity index (χ0n) is 14.9. The zero-order chi connectivity index (χ0) is 18.0. The molecule has 138 valence electrons. The Hall–Kier alpha value is -1.17. The summed E-state index contributed by atoms with van der Waals surface area (Å²) in [7, 11) is 0. The molecule has 0 radical (unpaired) electrons. The Morgan fingerprint density at radius 3 is 2.69 bits per heavy atom. The minimum atomic E-state index is -0.274. The Kier molecular flexibility index (Phi) is 5.48. The number of amides is 1. The maximum absolute atomic E-state index is 12.8. The molecule has 1 saturated heterocycles. The normalized spacial score (nSPS) is 20.0. The van der Waals surface area contributed by atoms with Gasteiger partial charge in [-0.05, 0) is 73.8 Å². The fraction of sp³-hybridized carbons (Fsp3) is 0.476. The van der Waals surface area contributed by atoms with E-state index in [1.807, 2.05) is 23.5 Å². The summed E-state index contributed by atoms with van der Waals surface area (Å²) in [6.45, 7) is 4.16. The van der Waals surface area contributed by atoms with Crippen LogP contribution in [0.5, 0.6) is 0 Å². The molecule has 3 nitrogen and oxygen atoms in total. The molecule has 1 N–H and O–H groups in total. The zero-order valence-corrected chi connectivity index (χ0v) is 17.3. The fourth-order valence-corrected chi connectivity index (χ4v) is 5.08. The number of carbonyl (C=O) groups excluding carboxylic acids is 1. The molecule has 5 heteroatoms. The van der Waals surface area contributed by atoms with Crippen molar-refractivity contribution in [2.75, 3.05) is 19.6 Å². The molecule has 1 saturated carbocycles. The first kappa shape index (κ1) is 18.2. The van der Waals surface area contributed by atoms with E-state index in [0.29, 0.717) is 5.92 Å². The van der Waals surface area contributed by atoms with Gasteiger partial charge in [-0.25, -0.2) is 0 Å². The van der Waals surface area contributed by atoms with E-state index >= 15 is 0 Å². The van der Waals surface area contributed by atoms with E-state index in [0.717, 1.165) is 49.1 Å². The summed E-state index contributed by atoms with van der Waals surface area (Å²) in [5.41, 5.74) is 0.874. The van der Waals surface area contributed by atoms with Crippen molar-refractivity contribution in [1.29, 1.82) is 0 Å². The second-order valence-electron chi connectivity index (χ2n) is 7.60. The van der Waals surface area contributed by atoms with Gasteiger partial charge in [0.25, 0.3) is 0 Å². The van der Waals surface area contributed by atoms with Crippen molar-refractivity contribution in [2.45, 2.75) is 37.6 Å². The predicted octanol–water partition coefficient (Wildman–Crippen LogP) is 4.57. The maximum Gasteiger partial charge on any atom is 0.230 e. The molecule has 2 heterocycles. The van der Waals surface area contributed by atoms with Crippen molar-refractivity contribution >= 4 is 33.2 Å². The van der Waals surface area contributed by atoms with Crippen molar-refractivity contribution in [3.8, 4) is 0 Å². The smallest absolute Gasteiger partial charge is 0.230 e. The highest BCUT2D eigenvalue weighted by Crippen LogP contribution is 2.48. The van der Waals surface area contributed by atoms with Gasteiger partial charge in [-0.2, -0.15) is 0 Å². The largest absolute Gasteiger partial charge is 0.355 e. The number of rotatable bonds is 6. The number of piperidine rings is 1. The summed E-state index contributed by atoms with van der Waals surface area (Å²) in [4.78, 5) is 16.8. The minimum absolute atomic E-state index is 0.219. The van der Waals surface area contributed by atoms with Crippen LogP contribution in [-0.2, 0) is 16.8 Å². The first-order valence-electron chi connectivity index (χ1n) is 9.45. The number of hydrogen-bond acceptors (Lipinski definition) is 3. The summed E-state index contributed by atoms with van der Waals surface area (Å²) < 4.78 is 1.05. The predicted molar refractivity (Wildman–Crippen MR) is 110 cm³/mol. The van der Waals surface area contributed by atoms with E-state index in [4.69, 9.17) is 0 Å². The van der Waals surface area contributed by atoms with Crippen LogP contribution >= 0.6 is 27.3 Å². The molecule has 2 aromatic rings. The van der Waals surface area contributed by atoms with Crippen molar-refractivity contribution in [3.63, 3.8) is 0 Å². The van der Waals surface area contributed by atoms with Crippen LogP contribution in [0.1, 0.15) is 36.1 Å². The molecule has 1 amide bonds. The third-order valence-electron chi connectivity index (χ3n) is 5.78. The quantitative estimate of drug-likeness (QED) is 0.724. The van der Waals surface area contributed by atoms with Gasteiger partial charge in [0, 0.05) is 22.4 Å². The number of benzene rings is 1. The van der Waals surface area contributed by atoms with Gasteiger partial charge in [0.1, 0.15) is 0 Å². The molecule has 1 aromatic carbocycles. The number of halogens is 1. The summed E-state index contributed by atoms with van der Waals surface area (Å²) in [6, 6.07) is 12.6. The molecule has 4 rings (SSSR count). The van der Waals surface area contributed by atoms with Crippen LogP contribution in [-0.4, -0.2) is 30.4 Å². The van der Waals surface area contributed by atoms with Crippen LogP contribution in [0.25, 0.3) is 0 Å². The minimum Gasteiger partial charge on any atom is -0.355 e. The molecule has 2 fully saturated rings.